The molecule has 0 aliphatic heterocycles. The van der Waals surface area contributed by atoms with E-state index in [9.17, 15) is 0 Å². The zero-order valence-electron chi connectivity index (χ0n) is 12.8. The minimum atomic E-state index is 0.317. The maximum atomic E-state index is 5.48. The van der Waals surface area contributed by atoms with Gasteiger partial charge in [-0.3, -0.25) is 0 Å². The molecule has 2 nitrogen and oxygen atoms in total. The monoisotopic (exact) mass is 281 g/mol. The van der Waals surface area contributed by atoms with Crippen LogP contribution in [0.3, 0.4) is 0 Å². The number of hydrogen-bond acceptors (Lipinski definition) is 3. The van der Waals surface area contributed by atoms with Crippen LogP contribution < -0.4 is 10.1 Å². The number of benzene rings is 1. The van der Waals surface area contributed by atoms with Crippen LogP contribution >= 0.6 is 11.8 Å². The number of nitrogens with one attached hydrogen (secondary N) is 1. The van der Waals surface area contributed by atoms with Gasteiger partial charge in [0, 0.05) is 17.6 Å². The van der Waals surface area contributed by atoms with E-state index in [0.717, 1.165) is 5.75 Å². The van der Waals surface area contributed by atoms with E-state index in [0.29, 0.717) is 12.1 Å². The number of ether oxygens (including phenoxy) is 1. The second-order valence-electron chi connectivity index (χ2n) is 5.02. The normalized spacial score (nSPS) is 14.2. The third-order valence-electron chi connectivity index (χ3n) is 3.29. The molecule has 0 aliphatic carbocycles. The molecular weight excluding hydrogens is 254 g/mol. The highest BCUT2D eigenvalue weighted by atomic mass is 32.2. The fourth-order valence-electron chi connectivity index (χ4n) is 2.18. The van der Waals surface area contributed by atoms with E-state index in [4.69, 9.17) is 4.74 Å². The topological polar surface area (TPSA) is 21.3 Å². The van der Waals surface area contributed by atoms with Gasteiger partial charge in [0.25, 0.3) is 0 Å². The molecule has 0 saturated heterocycles. The smallest absolute Gasteiger partial charge is 0.123 e. The number of aryl methyl sites for hydroxylation is 1. The molecule has 0 spiro atoms. The molecule has 1 aromatic rings. The summed E-state index contributed by atoms with van der Waals surface area (Å²) < 4.78 is 5.48. The first kappa shape index (κ1) is 16.4. The highest BCUT2D eigenvalue weighted by Gasteiger charge is 2.13. The third-order valence-corrected chi connectivity index (χ3v) is 4.22. The summed E-state index contributed by atoms with van der Waals surface area (Å²) in [7, 11) is 1.74. The lowest BCUT2D eigenvalue weighted by molar-refractivity contribution is 0.394. The molecule has 0 aliphatic rings. The van der Waals surface area contributed by atoms with E-state index in [1.807, 2.05) is 11.8 Å². The molecule has 3 heteroatoms. The van der Waals surface area contributed by atoms with Gasteiger partial charge in [-0.2, -0.15) is 11.8 Å². The summed E-state index contributed by atoms with van der Waals surface area (Å²) in [6, 6.07) is 7.26. The number of rotatable bonds is 8. The maximum absolute atomic E-state index is 5.48. The van der Waals surface area contributed by atoms with Crippen LogP contribution in [0.1, 0.15) is 44.4 Å². The maximum Gasteiger partial charge on any atom is 0.123 e. The largest absolute Gasteiger partial charge is 0.496 e. The molecule has 2 atom stereocenters. The highest BCUT2D eigenvalue weighted by molar-refractivity contribution is 7.99. The molecule has 0 amide bonds. The van der Waals surface area contributed by atoms with Gasteiger partial charge in [-0.1, -0.05) is 19.1 Å². The van der Waals surface area contributed by atoms with Gasteiger partial charge < -0.3 is 10.1 Å². The molecule has 1 N–H and O–H groups in total. The Morgan fingerprint density at radius 2 is 2.05 bits per heavy atom. The summed E-state index contributed by atoms with van der Waals surface area (Å²) in [4.78, 5) is 0. The third kappa shape index (κ3) is 5.45. The van der Waals surface area contributed by atoms with E-state index < -0.39 is 0 Å². The Kier molecular flexibility index (Phi) is 7.32. The van der Waals surface area contributed by atoms with Crippen molar-refractivity contribution in [1.82, 2.24) is 5.32 Å². The summed E-state index contributed by atoms with van der Waals surface area (Å²) in [5.41, 5.74) is 2.48. The summed E-state index contributed by atoms with van der Waals surface area (Å²) in [5.74, 6) is 3.41. The molecule has 0 heterocycles. The number of thioether (sulfide) groups is 1. The van der Waals surface area contributed by atoms with Crippen molar-refractivity contribution in [2.45, 2.75) is 46.2 Å². The van der Waals surface area contributed by atoms with E-state index >= 15 is 0 Å². The van der Waals surface area contributed by atoms with Crippen LogP contribution in [0.4, 0.5) is 0 Å². The molecule has 0 fully saturated rings. The standard InChI is InChI=1S/C16H27NOS/c1-6-19-10-9-13(3)17-14(4)15-8-7-12(2)11-16(15)18-5/h7-8,11,13-14,17H,6,9-10H2,1-5H3. The summed E-state index contributed by atoms with van der Waals surface area (Å²) in [5, 5.41) is 3.66. The van der Waals surface area contributed by atoms with Crippen LogP contribution in [0.25, 0.3) is 0 Å². The Morgan fingerprint density at radius 1 is 1.32 bits per heavy atom. The molecule has 0 aromatic heterocycles. The predicted molar refractivity (Wildman–Crippen MR) is 86.4 cm³/mol. The van der Waals surface area contributed by atoms with Crippen LogP contribution in [-0.4, -0.2) is 24.7 Å². The van der Waals surface area contributed by atoms with Gasteiger partial charge in [0.05, 0.1) is 7.11 Å². The molecule has 2 unspecified atom stereocenters. The summed E-state index contributed by atoms with van der Waals surface area (Å²) >= 11 is 2.00. The Hall–Kier alpha value is -0.670. The second-order valence-corrected chi connectivity index (χ2v) is 6.41. The van der Waals surface area contributed by atoms with Crippen molar-refractivity contribution in [2.24, 2.45) is 0 Å². The van der Waals surface area contributed by atoms with Crippen LogP contribution in [0.2, 0.25) is 0 Å². The van der Waals surface area contributed by atoms with Gasteiger partial charge in [-0.05, 0) is 50.3 Å². The fourth-order valence-corrected chi connectivity index (χ4v) is 2.99. The van der Waals surface area contributed by atoms with Crippen molar-refractivity contribution in [2.75, 3.05) is 18.6 Å². The molecule has 0 bridgehead atoms. The SMILES string of the molecule is CCSCCC(C)NC(C)c1ccc(C)cc1OC. The van der Waals surface area contributed by atoms with Crippen LogP contribution in [0, 0.1) is 6.92 Å². The average molecular weight is 281 g/mol. The molecule has 0 radical (unpaired) electrons. The first-order valence-electron chi connectivity index (χ1n) is 7.06. The fraction of sp³-hybridized carbons (Fsp3) is 0.625. The van der Waals surface area contributed by atoms with Gasteiger partial charge in [-0.25, -0.2) is 0 Å². The van der Waals surface area contributed by atoms with Gasteiger partial charge in [0.15, 0.2) is 0 Å². The van der Waals surface area contributed by atoms with Gasteiger partial charge in [0.2, 0.25) is 0 Å². The Balaban J connectivity index is 2.59. The summed E-state index contributed by atoms with van der Waals surface area (Å²) in [6.45, 7) is 8.77. The highest BCUT2D eigenvalue weighted by Crippen LogP contribution is 2.26. The van der Waals surface area contributed by atoms with Crippen molar-refractivity contribution in [3.63, 3.8) is 0 Å². The molecule has 108 valence electrons. The van der Waals surface area contributed by atoms with Gasteiger partial charge >= 0.3 is 0 Å². The molecule has 0 saturated carbocycles. The van der Waals surface area contributed by atoms with E-state index in [1.165, 1.54) is 29.1 Å². The molecule has 19 heavy (non-hydrogen) atoms. The quantitative estimate of drug-likeness (QED) is 0.722. The Labute approximate surface area is 122 Å². The Bertz CT molecular complexity index is 381. The Morgan fingerprint density at radius 3 is 2.68 bits per heavy atom. The molecular formula is C16H27NOS. The zero-order valence-corrected chi connectivity index (χ0v) is 13.6. The molecule has 1 aromatic carbocycles. The number of methoxy groups -OCH3 is 1. The van der Waals surface area contributed by atoms with Crippen molar-refractivity contribution < 1.29 is 4.74 Å². The van der Waals surface area contributed by atoms with E-state index in [-0.39, 0.29) is 0 Å². The van der Waals surface area contributed by atoms with Gasteiger partial charge in [0.1, 0.15) is 5.75 Å². The first-order valence-corrected chi connectivity index (χ1v) is 8.22. The van der Waals surface area contributed by atoms with Crippen molar-refractivity contribution in [3.8, 4) is 5.75 Å². The van der Waals surface area contributed by atoms with E-state index in [1.54, 1.807) is 7.11 Å². The van der Waals surface area contributed by atoms with Crippen molar-refractivity contribution in [3.05, 3.63) is 29.3 Å². The average Bonchev–Trinajstić information content (AvgIpc) is 2.38. The van der Waals surface area contributed by atoms with Crippen LogP contribution in [0.15, 0.2) is 18.2 Å². The van der Waals surface area contributed by atoms with Crippen LogP contribution in [0.5, 0.6) is 5.75 Å². The van der Waals surface area contributed by atoms with Crippen molar-refractivity contribution in [1.29, 1.82) is 0 Å². The van der Waals surface area contributed by atoms with Crippen LogP contribution in [-0.2, 0) is 0 Å². The zero-order chi connectivity index (χ0) is 14.3. The minimum Gasteiger partial charge on any atom is -0.496 e. The summed E-state index contributed by atoms with van der Waals surface area (Å²) in [6.07, 6.45) is 1.21. The first-order chi connectivity index (χ1) is 9.08. The minimum absolute atomic E-state index is 0.317. The lowest BCUT2D eigenvalue weighted by atomic mass is 10.0. The van der Waals surface area contributed by atoms with E-state index in [2.05, 4.69) is 51.2 Å². The lowest BCUT2D eigenvalue weighted by Gasteiger charge is -2.22. The second kappa shape index (κ2) is 8.49. The predicted octanol–water partition coefficient (Wildman–Crippen LogP) is 4.19. The van der Waals surface area contributed by atoms with Gasteiger partial charge in [-0.15, -0.1) is 0 Å². The van der Waals surface area contributed by atoms with Crippen molar-refractivity contribution >= 4 is 11.8 Å². The molecule has 1 rings (SSSR count). The lowest BCUT2D eigenvalue weighted by Crippen LogP contribution is -2.29. The number of hydrogen-bond donors (Lipinski definition) is 1.